The standard InChI is InChI=1S/C15H12O3/c1-11(17)18-14-8-6-12(7-9-14)15-5-3-2-4-13(15)10-16/h2-10H,1H3. The van der Waals surface area contributed by atoms with Gasteiger partial charge in [-0.2, -0.15) is 0 Å². The Balaban J connectivity index is 2.34. The molecular formula is C15H12O3. The molecule has 0 aromatic heterocycles. The van der Waals surface area contributed by atoms with Gasteiger partial charge in [-0.15, -0.1) is 0 Å². The summed E-state index contributed by atoms with van der Waals surface area (Å²) >= 11 is 0. The normalized spacial score (nSPS) is 9.83. The molecule has 0 spiro atoms. The molecule has 2 aromatic carbocycles. The minimum atomic E-state index is -0.351. The number of benzene rings is 2. The number of esters is 1. The summed E-state index contributed by atoms with van der Waals surface area (Å²) in [5.74, 6) is 0.144. The Kier molecular flexibility index (Phi) is 3.53. The van der Waals surface area contributed by atoms with E-state index < -0.39 is 0 Å². The molecule has 3 nitrogen and oxygen atoms in total. The number of aldehydes is 1. The average Bonchev–Trinajstić information content (AvgIpc) is 2.39. The monoisotopic (exact) mass is 240 g/mol. The quantitative estimate of drug-likeness (QED) is 0.470. The van der Waals surface area contributed by atoms with Gasteiger partial charge in [0.05, 0.1) is 0 Å². The van der Waals surface area contributed by atoms with Gasteiger partial charge in [0.25, 0.3) is 0 Å². The van der Waals surface area contributed by atoms with Gasteiger partial charge in [0.2, 0.25) is 0 Å². The van der Waals surface area contributed by atoms with Crippen molar-refractivity contribution in [1.29, 1.82) is 0 Å². The summed E-state index contributed by atoms with van der Waals surface area (Å²) in [6, 6.07) is 14.4. The van der Waals surface area contributed by atoms with Crippen LogP contribution in [0.5, 0.6) is 5.75 Å². The van der Waals surface area contributed by atoms with Crippen LogP contribution in [0.3, 0.4) is 0 Å². The zero-order valence-electron chi connectivity index (χ0n) is 9.92. The molecule has 2 aromatic rings. The van der Waals surface area contributed by atoms with Crippen molar-refractivity contribution in [2.24, 2.45) is 0 Å². The third-order valence-corrected chi connectivity index (χ3v) is 2.51. The average molecular weight is 240 g/mol. The lowest BCUT2D eigenvalue weighted by Gasteiger charge is -2.06. The molecule has 0 saturated heterocycles. The van der Waals surface area contributed by atoms with Crippen molar-refractivity contribution in [3.05, 3.63) is 54.1 Å². The lowest BCUT2D eigenvalue weighted by molar-refractivity contribution is -0.131. The fourth-order valence-electron chi connectivity index (χ4n) is 1.73. The summed E-state index contributed by atoms with van der Waals surface area (Å²) in [6.07, 6.45) is 0.829. The van der Waals surface area contributed by atoms with Crippen molar-refractivity contribution in [1.82, 2.24) is 0 Å². The summed E-state index contributed by atoms with van der Waals surface area (Å²) in [7, 11) is 0. The largest absolute Gasteiger partial charge is 0.427 e. The molecule has 0 bridgehead atoms. The first-order valence-corrected chi connectivity index (χ1v) is 5.54. The van der Waals surface area contributed by atoms with E-state index in [1.54, 1.807) is 18.2 Å². The van der Waals surface area contributed by atoms with Gasteiger partial charge < -0.3 is 4.74 Å². The van der Waals surface area contributed by atoms with Crippen LogP contribution < -0.4 is 4.74 Å². The van der Waals surface area contributed by atoms with Gasteiger partial charge in [-0.25, -0.2) is 0 Å². The highest BCUT2D eigenvalue weighted by Crippen LogP contribution is 2.24. The highest BCUT2D eigenvalue weighted by molar-refractivity contribution is 5.87. The summed E-state index contributed by atoms with van der Waals surface area (Å²) in [6.45, 7) is 1.36. The summed E-state index contributed by atoms with van der Waals surface area (Å²) in [5, 5.41) is 0. The molecule has 0 atom stereocenters. The highest BCUT2D eigenvalue weighted by Gasteiger charge is 2.04. The number of ether oxygens (including phenoxy) is 1. The Labute approximate surface area is 105 Å². The summed E-state index contributed by atoms with van der Waals surface area (Å²) in [5.41, 5.74) is 2.41. The topological polar surface area (TPSA) is 43.4 Å². The zero-order chi connectivity index (χ0) is 13.0. The zero-order valence-corrected chi connectivity index (χ0v) is 9.92. The minimum Gasteiger partial charge on any atom is -0.427 e. The molecule has 18 heavy (non-hydrogen) atoms. The van der Waals surface area contributed by atoms with Crippen molar-refractivity contribution in [2.45, 2.75) is 6.92 Å². The number of carbonyl (C=O) groups excluding carboxylic acids is 2. The van der Waals surface area contributed by atoms with Crippen molar-refractivity contribution >= 4 is 12.3 Å². The van der Waals surface area contributed by atoms with Crippen LogP contribution in [-0.4, -0.2) is 12.3 Å². The van der Waals surface area contributed by atoms with Gasteiger partial charge in [0.1, 0.15) is 5.75 Å². The molecule has 0 fully saturated rings. The Hall–Kier alpha value is -2.42. The molecule has 2 rings (SSSR count). The highest BCUT2D eigenvalue weighted by atomic mass is 16.5. The van der Waals surface area contributed by atoms with Crippen molar-refractivity contribution in [3.63, 3.8) is 0 Å². The maximum atomic E-state index is 10.9. The lowest BCUT2D eigenvalue weighted by Crippen LogP contribution is -2.00. The first-order valence-electron chi connectivity index (χ1n) is 5.54. The van der Waals surface area contributed by atoms with Gasteiger partial charge >= 0.3 is 5.97 Å². The maximum absolute atomic E-state index is 10.9. The lowest BCUT2D eigenvalue weighted by atomic mass is 10.0. The molecule has 0 unspecified atom stereocenters. The van der Waals surface area contributed by atoms with Crippen LogP contribution in [0.15, 0.2) is 48.5 Å². The third-order valence-electron chi connectivity index (χ3n) is 2.51. The van der Waals surface area contributed by atoms with Crippen molar-refractivity contribution < 1.29 is 14.3 Å². The van der Waals surface area contributed by atoms with E-state index in [9.17, 15) is 9.59 Å². The number of rotatable bonds is 3. The Bertz CT molecular complexity index is 571. The van der Waals surface area contributed by atoms with Gasteiger partial charge in [-0.05, 0) is 23.3 Å². The van der Waals surface area contributed by atoms with E-state index in [0.717, 1.165) is 17.4 Å². The SMILES string of the molecule is CC(=O)Oc1ccc(-c2ccccc2C=O)cc1. The fourth-order valence-corrected chi connectivity index (χ4v) is 1.73. The molecule has 0 heterocycles. The summed E-state index contributed by atoms with van der Waals surface area (Å²) < 4.78 is 4.95. The van der Waals surface area contributed by atoms with E-state index in [2.05, 4.69) is 0 Å². The fraction of sp³-hybridized carbons (Fsp3) is 0.0667. The van der Waals surface area contributed by atoms with Gasteiger partial charge in [-0.1, -0.05) is 36.4 Å². The second kappa shape index (κ2) is 5.27. The van der Waals surface area contributed by atoms with Crippen LogP contribution in [-0.2, 0) is 4.79 Å². The molecule has 0 aliphatic rings. The molecule has 0 aliphatic carbocycles. The first kappa shape index (κ1) is 12.0. The van der Waals surface area contributed by atoms with E-state index >= 15 is 0 Å². The van der Waals surface area contributed by atoms with Crippen molar-refractivity contribution in [3.8, 4) is 16.9 Å². The maximum Gasteiger partial charge on any atom is 0.308 e. The van der Waals surface area contributed by atoms with Crippen LogP contribution in [0.25, 0.3) is 11.1 Å². The summed E-state index contributed by atoms with van der Waals surface area (Å²) in [4.78, 5) is 21.7. The van der Waals surface area contributed by atoms with Gasteiger partial charge in [0, 0.05) is 12.5 Å². The number of hydrogen-bond acceptors (Lipinski definition) is 3. The van der Waals surface area contributed by atoms with Gasteiger partial charge in [0.15, 0.2) is 6.29 Å². The third kappa shape index (κ3) is 2.63. The van der Waals surface area contributed by atoms with Crippen LogP contribution in [0, 0.1) is 0 Å². The molecular weight excluding hydrogens is 228 g/mol. The predicted octanol–water partition coefficient (Wildman–Crippen LogP) is 3.09. The Morgan fingerprint density at radius 1 is 1.06 bits per heavy atom. The molecule has 0 amide bonds. The van der Waals surface area contributed by atoms with Gasteiger partial charge in [-0.3, -0.25) is 9.59 Å². The Morgan fingerprint density at radius 3 is 2.33 bits per heavy atom. The van der Waals surface area contributed by atoms with E-state index in [-0.39, 0.29) is 5.97 Å². The second-order valence-corrected chi connectivity index (χ2v) is 3.82. The molecule has 0 aliphatic heterocycles. The first-order chi connectivity index (χ1) is 8.70. The molecule has 90 valence electrons. The minimum absolute atomic E-state index is 0.351. The Morgan fingerprint density at radius 2 is 1.72 bits per heavy atom. The predicted molar refractivity (Wildman–Crippen MR) is 68.6 cm³/mol. The molecule has 0 radical (unpaired) electrons. The number of hydrogen-bond donors (Lipinski definition) is 0. The van der Waals surface area contributed by atoms with Crippen LogP contribution >= 0.6 is 0 Å². The molecule has 3 heteroatoms. The number of carbonyl (C=O) groups is 2. The van der Waals surface area contributed by atoms with Crippen LogP contribution in [0.1, 0.15) is 17.3 Å². The smallest absolute Gasteiger partial charge is 0.308 e. The second-order valence-electron chi connectivity index (χ2n) is 3.82. The van der Waals surface area contributed by atoms with E-state index in [1.807, 2.05) is 30.3 Å². The van der Waals surface area contributed by atoms with E-state index in [4.69, 9.17) is 4.74 Å². The van der Waals surface area contributed by atoms with E-state index in [1.165, 1.54) is 6.92 Å². The van der Waals surface area contributed by atoms with Crippen molar-refractivity contribution in [2.75, 3.05) is 0 Å². The molecule has 0 saturated carbocycles. The van der Waals surface area contributed by atoms with Crippen LogP contribution in [0.4, 0.5) is 0 Å². The van der Waals surface area contributed by atoms with Crippen LogP contribution in [0.2, 0.25) is 0 Å². The van der Waals surface area contributed by atoms with E-state index in [0.29, 0.717) is 11.3 Å². The molecule has 0 N–H and O–H groups in total.